The second-order valence-corrected chi connectivity index (χ2v) is 5.50. The molecule has 4 nitrogen and oxygen atoms in total. The van der Waals surface area contributed by atoms with Gasteiger partial charge in [-0.25, -0.2) is 4.79 Å². The molecule has 4 heteroatoms. The number of rotatable bonds is 7. The molecule has 0 bridgehead atoms. The van der Waals surface area contributed by atoms with Gasteiger partial charge in [0.25, 0.3) is 0 Å². The third-order valence-corrected chi connectivity index (χ3v) is 3.70. The molecule has 0 aliphatic rings. The fraction of sp³-hybridized carbons (Fsp3) is 0.316. The van der Waals surface area contributed by atoms with E-state index in [1.807, 2.05) is 36.4 Å². The molecule has 2 aromatic rings. The summed E-state index contributed by atoms with van der Waals surface area (Å²) in [6.45, 7) is 2.49. The van der Waals surface area contributed by atoms with Gasteiger partial charge in [0.2, 0.25) is 0 Å². The van der Waals surface area contributed by atoms with Crippen molar-refractivity contribution in [2.24, 2.45) is 5.73 Å². The number of carbonyl (C=O) groups excluding carboxylic acids is 1. The molecule has 2 aromatic carbocycles. The molecule has 0 saturated carbocycles. The van der Waals surface area contributed by atoms with Crippen molar-refractivity contribution in [3.8, 4) is 5.75 Å². The number of methoxy groups -OCH3 is 1. The molecule has 0 amide bonds. The molecule has 2 rings (SSSR count). The first kappa shape index (κ1) is 17.0. The van der Waals surface area contributed by atoms with E-state index in [9.17, 15) is 4.79 Å². The van der Waals surface area contributed by atoms with E-state index in [0.29, 0.717) is 12.2 Å². The third-order valence-electron chi connectivity index (χ3n) is 3.70. The van der Waals surface area contributed by atoms with Gasteiger partial charge >= 0.3 is 5.97 Å². The van der Waals surface area contributed by atoms with Crippen LogP contribution < -0.4 is 10.5 Å². The first-order valence-corrected chi connectivity index (χ1v) is 7.77. The van der Waals surface area contributed by atoms with E-state index < -0.39 is 0 Å². The molecular weight excluding hydrogens is 290 g/mol. The number of hydrogen-bond acceptors (Lipinski definition) is 4. The molecule has 1 atom stereocenters. The summed E-state index contributed by atoms with van der Waals surface area (Å²) in [5.41, 5.74) is 8.61. The number of nitrogens with two attached hydrogens (primary N) is 1. The van der Waals surface area contributed by atoms with Crippen LogP contribution in [0.15, 0.2) is 48.5 Å². The topological polar surface area (TPSA) is 61.5 Å². The molecule has 0 saturated heterocycles. The molecule has 122 valence electrons. The van der Waals surface area contributed by atoms with Crippen molar-refractivity contribution in [1.82, 2.24) is 0 Å². The van der Waals surface area contributed by atoms with E-state index in [0.717, 1.165) is 24.2 Å². The molecule has 2 N–H and O–H groups in total. The maximum atomic E-state index is 11.5. The van der Waals surface area contributed by atoms with Crippen molar-refractivity contribution in [2.45, 2.75) is 32.4 Å². The van der Waals surface area contributed by atoms with Gasteiger partial charge < -0.3 is 15.2 Å². The van der Waals surface area contributed by atoms with Crippen molar-refractivity contribution >= 4 is 5.97 Å². The van der Waals surface area contributed by atoms with Gasteiger partial charge in [0.05, 0.1) is 12.7 Å². The lowest BCUT2D eigenvalue weighted by Gasteiger charge is -2.10. The molecule has 0 aliphatic heterocycles. The summed E-state index contributed by atoms with van der Waals surface area (Å²) in [5, 5.41) is 0. The van der Waals surface area contributed by atoms with Crippen molar-refractivity contribution in [3.63, 3.8) is 0 Å². The zero-order valence-electron chi connectivity index (χ0n) is 13.6. The minimum absolute atomic E-state index is 0.197. The predicted molar refractivity (Wildman–Crippen MR) is 90.5 cm³/mol. The average Bonchev–Trinajstić information content (AvgIpc) is 2.60. The zero-order valence-corrected chi connectivity index (χ0v) is 13.6. The summed E-state index contributed by atoms with van der Waals surface area (Å²) in [6.07, 6.45) is 1.84. The summed E-state index contributed by atoms with van der Waals surface area (Å²) >= 11 is 0. The van der Waals surface area contributed by atoms with Gasteiger partial charge in [-0.3, -0.25) is 0 Å². The maximum Gasteiger partial charge on any atom is 0.337 e. The Kier molecular flexibility index (Phi) is 6.18. The molecule has 1 unspecified atom stereocenters. The van der Waals surface area contributed by atoms with Gasteiger partial charge in [-0.05, 0) is 48.2 Å². The lowest BCUT2D eigenvalue weighted by molar-refractivity contribution is 0.0600. The Morgan fingerprint density at radius 1 is 1.13 bits per heavy atom. The molecule has 0 heterocycles. The minimum Gasteiger partial charge on any atom is -0.489 e. The third kappa shape index (κ3) is 5.11. The lowest BCUT2D eigenvalue weighted by atomic mass is 10.0. The standard InChI is InChI=1S/C19H23NO3/c1-3-17(20)12-14-7-9-18(10-8-14)23-13-15-5-4-6-16(11-15)19(21)22-2/h4-11,17H,3,12-13,20H2,1-2H3. The van der Waals surface area contributed by atoms with E-state index in [1.54, 1.807) is 12.1 Å². The SMILES string of the molecule is CCC(N)Cc1ccc(OCc2cccc(C(=O)OC)c2)cc1. The van der Waals surface area contributed by atoms with Crippen molar-refractivity contribution in [1.29, 1.82) is 0 Å². The van der Waals surface area contributed by atoms with Gasteiger partial charge in [-0.1, -0.05) is 31.2 Å². The van der Waals surface area contributed by atoms with Crippen LogP contribution in [-0.4, -0.2) is 19.1 Å². The van der Waals surface area contributed by atoms with Crippen LogP contribution in [0.25, 0.3) is 0 Å². The maximum absolute atomic E-state index is 11.5. The van der Waals surface area contributed by atoms with Crippen LogP contribution in [0.3, 0.4) is 0 Å². The summed E-state index contributed by atoms with van der Waals surface area (Å²) in [5.74, 6) is 0.450. The van der Waals surface area contributed by atoms with Crippen molar-refractivity contribution in [2.75, 3.05) is 7.11 Å². The van der Waals surface area contributed by atoms with E-state index >= 15 is 0 Å². The van der Waals surface area contributed by atoms with Crippen LogP contribution in [0.5, 0.6) is 5.75 Å². The molecule has 0 aromatic heterocycles. The second kappa shape index (κ2) is 8.34. The number of ether oxygens (including phenoxy) is 2. The normalized spacial score (nSPS) is 11.8. The van der Waals surface area contributed by atoms with Gasteiger partial charge in [-0.2, -0.15) is 0 Å². The highest BCUT2D eigenvalue weighted by molar-refractivity contribution is 5.89. The Labute approximate surface area is 137 Å². The van der Waals surface area contributed by atoms with Crippen molar-refractivity contribution in [3.05, 3.63) is 65.2 Å². The van der Waals surface area contributed by atoms with Crippen LogP contribution in [0.4, 0.5) is 0 Å². The first-order valence-electron chi connectivity index (χ1n) is 7.77. The van der Waals surface area contributed by atoms with Gasteiger partial charge in [0, 0.05) is 6.04 Å². The average molecular weight is 313 g/mol. The van der Waals surface area contributed by atoms with Gasteiger partial charge in [-0.15, -0.1) is 0 Å². The molecular formula is C19H23NO3. The zero-order chi connectivity index (χ0) is 16.7. The molecule has 0 fully saturated rings. The number of hydrogen-bond donors (Lipinski definition) is 1. The Bertz CT molecular complexity index is 637. The van der Waals surface area contributed by atoms with Gasteiger partial charge in [0.1, 0.15) is 12.4 Å². The van der Waals surface area contributed by atoms with Crippen LogP contribution in [0.1, 0.15) is 34.8 Å². The molecule has 0 spiro atoms. The second-order valence-electron chi connectivity index (χ2n) is 5.50. The van der Waals surface area contributed by atoms with Crippen LogP contribution in [-0.2, 0) is 17.8 Å². The fourth-order valence-electron chi connectivity index (χ4n) is 2.24. The van der Waals surface area contributed by atoms with E-state index in [-0.39, 0.29) is 12.0 Å². The largest absolute Gasteiger partial charge is 0.489 e. The smallest absolute Gasteiger partial charge is 0.337 e. The summed E-state index contributed by atoms with van der Waals surface area (Å²) in [4.78, 5) is 11.5. The Hall–Kier alpha value is -2.33. The van der Waals surface area contributed by atoms with Crippen LogP contribution >= 0.6 is 0 Å². The van der Waals surface area contributed by atoms with Crippen molar-refractivity contribution < 1.29 is 14.3 Å². The minimum atomic E-state index is -0.344. The highest BCUT2D eigenvalue weighted by Crippen LogP contribution is 2.16. The number of carbonyl (C=O) groups is 1. The summed E-state index contributed by atoms with van der Waals surface area (Å²) in [6, 6.07) is 15.4. The monoisotopic (exact) mass is 313 g/mol. The lowest BCUT2D eigenvalue weighted by Crippen LogP contribution is -2.21. The summed E-state index contributed by atoms with van der Waals surface area (Å²) in [7, 11) is 1.37. The molecule has 0 radical (unpaired) electrons. The highest BCUT2D eigenvalue weighted by atomic mass is 16.5. The quantitative estimate of drug-likeness (QED) is 0.796. The van der Waals surface area contributed by atoms with Gasteiger partial charge in [0.15, 0.2) is 0 Å². The van der Waals surface area contributed by atoms with Crippen LogP contribution in [0.2, 0.25) is 0 Å². The van der Waals surface area contributed by atoms with E-state index in [1.165, 1.54) is 12.7 Å². The molecule has 23 heavy (non-hydrogen) atoms. The Morgan fingerprint density at radius 2 is 1.87 bits per heavy atom. The highest BCUT2D eigenvalue weighted by Gasteiger charge is 2.06. The summed E-state index contributed by atoms with van der Waals surface area (Å²) < 4.78 is 10.5. The number of benzene rings is 2. The Morgan fingerprint density at radius 3 is 2.52 bits per heavy atom. The van der Waals surface area contributed by atoms with E-state index in [2.05, 4.69) is 6.92 Å². The number of esters is 1. The first-order chi connectivity index (χ1) is 11.1. The fourth-order valence-corrected chi connectivity index (χ4v) is 2.24. The predicted octanol–water partition coefficient (Wildman–Crippen LogP) is 3.33. The Balaban J connectivity index is 1.94. The molecule has 0 aliphatic carbocycles. The van der Waals surface area contributed by atoms with E-state index in [4.69, 9.17) is 15.2 Å². The van der Waals surface area contributed by atoms with Crippen LogP contribution in [0, 0.1) is 0 Å².